The Morgan fingerprint density at radius 3 is 2.43 bits per heavy atom. The Hall–Kier alpha value is -1.96. The van der Waals surface area contributed by atoms with Crippen molar-refractivity contribution in [2.75, 3.05) is 6.61 Å². The van der Waals surface area contributed by atoms with Crippen LogP contribution in [0.2, 0.25) is 0 Å². The first kappa shape index (κ1) is 15.4. The van der Waals surface area contributed by atoms with Crippen molar-refractivity contribution in [3.63, 3.8) is 0 Å². The normalized spacial score (nSPS) is 21.9. The van der Waals surface area contributed by atoms with Gasteiger partial charge in [0.05, 0.1) is 11.5 Å². The van der Waals surface area contributed by atoms with Crippen molar-refractivity contribution < 1.29 is 27.1 Å². The first-order chi connectivity index (χ1) is 9.80. The molecular formula is C13H14FNO5S. The summed E-state index contributed by atoms with van der Waals surface area (Å²) in [6.07, 6.45) is -2.19. The fraction of sp³-hybridized carbons (Fsp3) is 0.385. The summed E-state index contributed by atoms with van der Waals surface area (Å²) in [5, 5.41) is 0. The number of sulfonamides is 1. The van der Waals surface area contributed by atoms with E-state index in [4.69, 9.17) is 0 Å². The van der Waals surface area contributed by atoms with Crippen LogP contribution >= 0.6 is 0 Å². The Balaban J connectivity index is 2.36. The van der Waals surface area contributed by atoms with Crippen LogP contribution in [-0.2, 0) is 24.3 Å². The molecule has 2 rings (SSSR count). The van der Waals surface area contributed by atoms with Gasteiger partial charge < -0.3 is 4.74 Å². The molecule has 1 aromatic carbocycles. The van der Waals surface area contributed by atoms with Crippen LogP contribution in [0.1, 0.15) is 12.5 Å². The molecular weight excluding hydrogens is 301 g/mol. The maximum Gasteiger partial charge on any atom is 0.333 e. The van der Waals surface area contributed by atoms with Gasteiger partial charge in [-0.3, -0.25) is 4.79 Å². The van der Waals surface area contributed by atoms with Gasteiger partial charge >= 0.3 is 5.97 Å². The lowest BCUT2D eigenvalue weighted by Crippen LogP contribution is -2.68. The summed E-state index contributed by atoms with van der Waals surface area (Å²) >= 11 is 0. The van der Waals surface area contributed by atoms with Gasteiger partial charge in [-0.15, -0.1) is 0 Å². The molecule has 1 aromatic rings. The summed E-state index contributed by atoms with van der Waals surface area (Å²) in [6, 6.07) is 3.94. The Morgan fingerprint density at radius 2 is 1.90 bits per heavy atom. The van der Waals surface area contributed by atoms with Gasteiger partial charge in [-0.25, -0.2) is 21.9 Å². The maximum atomic E-state index is 13.6. The number of amides is 1. The van der Waals surface area contributed by atoms with Crippen molar-refractivity contribution >= 4 is 21.9 Å². The molecule has 1 amide bonds. The molecule has 1 saturated heterocycles. The van der Waals surface area contributed by atoms with Crippen molar-refractivity contribution in [2.24, 2.45) is 0 Å². The highest BCUT2D eigenvalue weighted by Crippen LogP contribution is 2.31. The number of β-lactam (4-membered cyclic amide) rings is 1. The number of carbonyl (C=O) groups is 2. The van der Waals surface area contributed by atoms with Crippen LogP contribution < -0.4 is 0 Å². The molecule has 0 radical (unpaired) electrons. The molecule has 1 heterocycles. The van der Waals surface area contributed by atoms with E-state index < -0.39 is 34.1 Å². The van der Waals surface area contributed by atoms with Crippen LogP contribution in [0, 0.1) is 6.92 Å². The molecule has 6 nitrogen and oxygen atoms in total. The molecule has 2 atom stereocenters. The standard InChI is InChI=1S/C13H14FNO5S/c1-3-20-13(17)11-10(14)12(16)15(11)21(18,19)9-6-4-8(2)5-7-9/h4-7,10-11H,3H2,1-2H3/t10-,11-/m1/s1. The smallest absolute Gasteiger partial charge is 0.333 e. The molecule has 0 unspecified atom stereocenters. The number of benzene rings is 1. The predicted octanol–water partition coefficient (Wildman–Crippen LogP) is 0.796. The van der Waals surface area contributed by atoms with Crippen molar-refractivity contribution in [2.45, 2.75) is 31.0 Å². The molecule has 0 saturated carbocycles. The number of nitrogens with zero attached hydrogens (tertiary/aromatic N) is 1. The highest BCUT2D eigenvalue weighted by atomic mass is 32.2. The molecule has 0 N–H and O–H groups in total. The van der Waals surface area contributed by atoms with Crippen LogP contribution in [0.15, 0.2) is 29.2 Å². The molecule has 1 aliphatic heterocycles. The molecule has 0 bridgehead atoms. The quantitative estimate of drug-likeness (QED) is 0.606. The summed E-state index contributed by atoms with van der Waals surface area (Å²) in [7, 11) is -4.27. The second-order valence-corrected chi connectivity index (χ2v) is 6.37. The number of esters is 1. The second-order valence-electron chi connectivity index (χ2n) is 4.55. The first-order valence-corrected chi connectivity index (χ1v) is 7.70. The zero-order valence-electron chi connectivity index (χ0n) is 11.4. The van der Waals surface area contributed by atoms with Crippen molar-refractivity contribution in [3.8, 4) is 0 Å². The fourth-order valence-electron chi connectivity index (χ4n) is 1.97. The summed E-state index contributed by atoms with van der Waals surface area (Å²) in [6.45, 7) is 3.24. The molecule has 114 valence electrons. The number of halogens is 1. The number of rotatable bonds is 4. The van der Waals surface area contributed by atoms with Crippen LogP contribution in [0.5, 0.6) is 0 Å². The van der Waals surface area contributed by atoms with Crippen molar-refractivity contribution in [3.05, 3.63) is 29.8 Å². The molecule has 0 aliphatic carbocycles. The van der Waals surface area contributed by atoms with E-state index in [0.29, 0.717) is 0 Å². The predicted molar refractivity (Wildman–Crippen MR) is 70.5 cm³/mol. The van der Waals surface area contributed by atoms with Gasteiger partial charge in [-0.2, -0.15) is 0 Å². The summed E-state index contributed by atoms with van der Waals surface area (Å²) in [5.41, 5.74) is 0.828. The van der Waals surface area contributed by atoms with Gasteiger partial charge in [0.2, 0.25) is 6.17 Å². The average Bonchev–Trinajstić information content (AvgIpc) is 2.43. The van der Waals surface area contributed by atoms with Crippen LogP contribution in [0.25, 0.3) is 0 Å². The third kappa shape index (κ3) is 2.51. The van der Waals surface area contributed by atoms with Gasteiger partial charge in [0.15, 0.2) is 6.04 Å². The highest BCUT2D eigenvalue weighted by Gasteiger charge is 2.59. The summed E-state index contributed by atoms with van der Waals surface area (Å²) < 4.78 is 43.1. The Kier molecular flexibility index (Phi) is 3.99. The van der Waals surface area contributed by atoms with E-state index in [-0.39, 0.29) is 15.8 Å². The van der Waals surface area contributed by atoms with Gasteiger partial charge in [0, 0.05) is 0 Å². The molecule has 1 fully saturated rings. The SMILES string of the molecule is CCOC(=O)[C@H]1[C@@H](F)C(=O)N1S(=O)(=O)c1ccc(C)cc1. The summed E-state index contributed by atoms with van der Waals surface area (Å²) in [5.74, 6) is -2.33. The minimum atomic E-state index is -4.27. The number of hydrogen-bond acceptors (Lipinski definition) is 5. The highest BCUT2D eigenvalue weighted by molar-refractivity contribution is 7.89. The second kappa shape index (κ2) is 5.44. The Labute approximate surface area is 121 Å². The number of alkyl halides is 1. The van der Waals surface area contributed by atoms with Gasteiger partial charge in [0.1, 0.15) is 0 Å². The molecule has 8 heteroatoms. The number of aryl methyl sites for hydroxylation is 1. The monoisotopic (exact) mass is 315 g/mol. The van der Waals surface area contributed by atoms with Crippen molar-refractivity contribution in [1.82, 2.24) is 4.31 Å². The minimum absolute atomic E-state index is 0.0331. The van der Waals surface area contributed by atoms with E-state index in [2.05, 4.69) is 4.74 Å². The lowest BCUT2D eigenvalue weighted by atomic mass is 10.0. The van der Waals surface area contributed by atoms with E-state index >= 15 is 0 Å². The van der Waals surface area contributed by atoms with E-state index in [1.807, 2.05) is 0 Å². The number of hydrogen-bond donors (Lipinski definition) is 0. The van der Waals surface area contributed by atoms with E-state index in [9.17, 15) is 22.4 Å². The van der Waals surface area contributed by atoms with Gasteiger partial charge in [-0.05, 0) is 26.0 Å². The number of carbonyl (C=O) groups excluding carboxylic acids is 2. The lowest BCUT2D eigenvalue weighted by molar-refractivity contribution is -0.167. The number of ether oxygens (including phenoxy) is 1. The topological polar surface area (TPSA) is 80.8 Å². The first-order valence-electron chi connectivity index (χ1n) is 6.26. The third-order valence-electron chi connectivity index (χ3n) is 3.09. The molecule has 1 aliphatic rings. The van der Waals surface area contributed by atoms with E-state index in [1.54, 1.807) is 19.1 Å². The van der Waals surface area contributed by atoms with Crippen LogP contribution in [0.3, 0.4) is 0 Å². The minimum Gasteiger partial charge on any atom is -0.464 e. The van der Waals surface area contributed by atoms with E-state index in [1.165, 1.54) is 19.1 Å². The molecule has 0 aromatic heterocycles. The summed E-state index contributed by atoms with van der Waals surface area (Å²) in [4.78, 5) is 23.0. The lowest BCUT2D eigenvalue weighted by Gasteiger charge is -2.39. The van der Waals surface area contributed by atoms with Crippen LogP contribution in [-0.4, -0.2) is 43.4 Å². The van der Waals surface area contributed by atoms with Crippen LogP contribution in [0.4, 0.5) is 4.39 Å². The molecule has 0 spiro atoms. The zero-order valence-corrected chi connectivity index (χ0v) is 12.3. The zero-order chi connectivity index (χ0) is 15.8. The Morgan fingerprint density at radius 1 is 1.33 bits per heavy atom. The average molecular weight is 315 g/mol. The van der Waals surface area contributed by atoms with Gasteiger partial charge in [-0.1, -0.05) is 17.7 Å². The molecule has 21 heavy (non-hydrogen) atoms. The third-order valence-corrected chi connectivity index (χ3v) is 4.88. The Bertz CT molecular complexity index is 670. The van der Waals surface area contributed by atoms with Crippen molar-refractivity contribution in [1.29, 1.82) is 0 Å². The van der Waals surface area contributed by atoms with Gasteiger partial charge in [0.25, 0.3) is 15.9 Å². The fourth-order valence-corrected chi connectivity index (χ4v) is 3.50. The largest absolute Gasteiger partial charge is 0.464 e. The maximum absolute atomic E-state index is 13.6. The van der Waals surface area contributed by atoms with E-state index in [0.717, 1.165) is 5.56 Å².